The van der Waals surface area contributed by atoms with Gasteiger partial charge in [0.2, 0.25) is 0 Å². The molecule has 0 fully saturated rings. The molecule has 1 rings (SSSR count). The van der Waals surface area contributed by atoms with Crippen molar-refractivity contribution in [2.24, 2.45) is 0 Å². The highest BCUT2D eigenvalue weighted by atomic mass is 35.5. The average Bonchev–Trinajstić information content (AvgIpc) is 2.34. The topological polar surface area (TPSA) is 46.4 Å². The van der Waals surface area contributed by atoms with Gasteiger partial charge in [-0.1, -0.05) is 13.0 Å². The van der Waals surface area contributed by atoms with Gasteiger partial charge in [-0.2, -0.15) is 0 Å². The molecule has 0 N–H and O–H groups in total. The molecule has 0 unspecified atom stereocenters. The summed E-state index contributed by atoms with van der Waals surface area (Å²) in [5.41, 5.74) is 1.58. The van der Waals surface area contributed by atoms with E-state index in [9.17, 15) is 10.1 Å². The van der Waals surface area contributed by atoms with Gasteiger partial charge in [-0.3, -0.25) is 10.1 Å². The molecule has 0 atom stereocenters. The number of halogens is 1. The maximum Gasteiger partial charge on any atom is 0.292 e. The highest BCUT2D eigenvalue weighted by Gasteiger charge is 2.21. The van der Waals surface area contributed by atoms with Crippen molar-refractivity contribution >= 4 is 23.0 Å². The summed E-state index contributed by atoms with van der Waals surface area (Å²) in [5, 5.41) is 11.2. The Balaban J connectivity index is 3.24. The zero-order chi connectivity index (χ0) is 13.7. The first-order chi connectivity index (χ1) is 8.51. The van der Waals surface area contributed by atoms with E-state index in [1.165, 1.54) is 0 Å². The maximum absolute atomic E-state index is 11.2. The Bertz CT molecular complexity index is 421. The molecule has 0 radical (unpaired) electrons. The third-order valence-electron chi connectivity index (χ3n) is 2.79. The molecule has 0 saturated heterocycles. The summed E-state index contributed by atoms with van der Waals surface area (Å²) in [5.74, 6) is 0.288. The van der Waals surface area contributed by atoms with Gasteiger partial charge < -0.3 is 4.90 Å². The molecule has 5 heteroatoms. The van der Waals surface area contributed by atoms with Crippen molar-refractivity contribution < 1.29 is 4.92 Å². The van der Waals surface area contributed by atoms with Crippen molar-refractivity contribution in [3.05, 3.63) is 33.9 Å². The highest BCUT2D eigenvalue weighted by molar-refractivity contribution is 6.17. The summed E-state index contributed by atoms with van der Waals surface area (Å²) in [7, 11) is 0. The summed E-state index contributed by atoms with van der Waals surface area (Å²) in [6.07, 6.45) is 0.951. The number of hydrogen-bond donors (Lipinski definition) is 0. The molecule has 0 amide bonds. The van der Waals surface area contributed by atoms with Crippen LogP contribution >= 0.6 is 11.6 Å². The molecule has 1 aromatic rings. The van der Waals surface area contributed by atoms with Gasteiger partial charge in [-0.25, -0.2) is 0 Å². The van der Waals surface area contributed by atoms with E-state index in [-0.39, 0.29) is 22.5 Å². The van der Waals surface area contributed by atoms with Gasteiger partial charge in [0, 0.05) is 24.5 Å². The second kappa shape index (κ2) is 6.59. The summed E-state index contributed by atoms with van der Waals surface area (Å²) >= 11 is 5.72. The Morgan fingerprint density at radius 2 is 2.11 bits per heavy atom. The molecular formula is C13H19ClN2O2. The fraction of sp³-hybridized carbons (Fsp3) is 0.538. The summed E-state index contributed by atoms with van der Waals surface area (Å²) in [6.45, 7) is 6.94. The van der Waals surface area contributed by atoms with Crippen LogP contribution in [-0.4, -0.2) is 17.5 Å². The van der Waals surface area contributed by atoms with E-state index in [1.54, 1.807) is 12.1 Å². The van der Waals surface area contributed by atoms with Crippen LogP contribution in [0.15, 0.2) is 18.2 Å². The number of alkyl halides is 1. The average molecular weight is 271 g/mol. The fourth-order valence-electron chi connectivity index (χ4n) is 1.94. The van der Waals surface area contributed by atoms with Crippen LogP contribution in [0, 0.1) is 10.1 Å². The number of hydrogen-bond acceptors (Lipinski definition) is 3. The smallest absolute Gasteiger partial charge is 0.292 e. The Hall–Kier alpha value is -1.29. The van der Waals surface area contributed by atoms with Crippen LogP contribution in [0.2, 0.25) is 0 Å². The van der Waals surface area contributed by atoms with Gasteiger partial charge in [0.05, 0.1) is 4.92 Å². The lowest BCUT2D eigenvalue weighted by molar-refractivity contribution is -0.384. The summed E-state index contributed by atoms with van der Waals surface area (Å²) < 4.78 is 0. The molecule has 0 aliphatic rings. The minimum Gasteiger partial charge on any atom is -0.364 e. The first kappa shape index (κ1) is 14.8. The summed E-state index contributed by atoms with van der Waals surface area (Å²) in [4.78, 5) is 12.9. The van der Waals surface area contributed by atoms with E-state index in [0.29, 0.717) is 5.69 Å². The van der Waals surface area contributed by atoms with Crippen LogP contribution in [0.4, 0.5) is 11.4 Å². The Morgan fingerprint density at radius 3 is 2.56 bits per heavy atom. The minimum atomic E-state index is -0.337. The standard InChI is InChI=1S/C13H19ClN2O2/c1-4-7-15(10(2)3)12-6-5-11(9-14)8-13(12)16(17)18/h5-6,8,10H,4,7,9H2,1-3H3. The van der Waals surface area contributed by atoms with Crippen LogP contribution in [0.1, 0.15) is 32.8 Å². The van der Waals surface area contributed by atoms with E-state index < -0.39 is 0 Å². The lowest BCUT2D eigenvalue weighted by Gasteiger charge is -2.28. The number of anilines is 1. The van der Waals surface area contributed by atoms with Gasteiger partial charge in [0.1, 0.15) is 5.69 Å². The number of benzene rings is 1. The van der Waals surface area contributed by atoms with E-state index in [0.717, 1.165) is 18.5 Å². The molecule has 1 aromatic carbocycles. The van der Waals surface area contributed by atoms with Crippen LogP contribution < -0.4 is 4.90 Å². The zero-order valence-electron chi connectivity index (χ0n) is 11.0. The second-order valence-corrected chi connectivity index (χ2v) is 4.77. The number of nitro benzene ring substituents is 1. The van der Waals surface area contributed by atoms with Crippen molar-refractivity contribution in [2.45, 2.75) is 39.1 Å². The molecule has 0 spiro atoms. The van der Waals surface area contributed by atoms with Crippen molar-refractivity contribution in [1.29, 1.82) is 0 Å². The SMILES string of the molecule is CCCN(c1ccc(CCl)cc1[N+](=O)[O-])C(C)C. The Morgan fingerprint density at radius 1 is 1.44 bits per heavy atom. The van der Waals surface area contributed by atoms with Gasteiger partial charge >= 0.3 is 0 Å². The van der Waals surface area contributed by atoms with Crippen LogP contribution in [0.3, 0.4) is 0 Å². The Kier molecular flexibility index (Phi) is 5.41. The first-order valence-electron chi connectivity index (χ1n) is 6.11. The quantitative estimate of drug-likeness (QED) is 0.447. The van der Waals surface area contributed by atoms with Gasteiger partial charge in [-0.15, -0.1) is 11.6 Å². The predicted molar refractivity (Wildman–Crippen MR) is 75.4 cm³/mol. The molecule has 0 heterocycles. The van der Waals surface area contributed by atoms with Crippen molar-refractivity contribution in [1.82, 2.24) is 0 Å². The van der Waals surface area contributed by atoms with E-state index in [4.69, 9.17) is 11.6 Å². The van der Waals surface area contributed by atoms with Crippen LogP contribution in [-0.2, 0) is 5.88 Å². The third kappa shape index (κ3) is 3.35. The molecule has 0 bridgehead atoms. The first-order valence-corrected chi connectivity index (χ1v) is 6.64. The summed E-state index contributed by atoms with van der Waals surface area (Å²) in [6, 6.07) is 5.43. The Labute approximate surface area is 113 Å². The van der Waals surface area contributed by atoms with E-state index in [1.807, 2.05) is 19.9 Å². The zero-order valence-corrected chi connectivity index (χ0v) is 11.8. The van der Waals surface area contributed by atoms with Gasteiger partial charge in [0.15, 0.2) is 0 Å². The van der Waals surface area contributed by atoms with Crippen molar-refractivity contribution in [3.8, 4) is 0 Å². The number of nitro groups is 1. The monoisotopic (exact) mass is 270 g/mol. The van der Waals surface area contributed by atoms with E-state index >= 15 is 0 Å². The fourth-order valence-corrected chi connectivity index (χ4v) is 2.11. The van der Waals surface area contributed by atoms with Gasteiger partial charge in [0.25, 0.3) is 5.69 Å². The van der Waals surface area contributed by atoms with Crippen molar-refractivity contribution in [3.63, 3.8) is 0 Å². The number of rotatable bonds is 6. The van der Waals surface area contributed by atoms with Crippen molar-refractivity contribution in [2.75, 3.05) is 11.4 Å². The highest BCUT2D eigenvalue weighted by Crippen LogP contribution is 2.31. The number of nitrogens with zero attached hydrogens (tertiary/aromatic N) is 2. The minimum absolute atomic E-state index is 0.135. The molecule has 0 aromatic heterocycles. The van der Waals surface area contributed by atoms with Gasteiger partial charge in [-0.05, 0) is 31.9 Å². The normalized spacial score (nSPS) is 10.7. The molecule has 4 nitrogen and oxygen atoms in total. The lowest BCUT2D eigenvalue weighted by Crippen LogP contribution is -2.32. The predicted octanol–water partition coefficient (Wildman–Crippen LogP) is 3.96. The third-order valence-corrected chi connectivity index (χ3v) is 3.10. The molecule has 18 heavy (non-hydrogen) atoms. The lowest BCUT2D eigenvalue weighted by atomic mass is 10.1. The van der Waals surface area contributed by atoms with E-state index in [2.05, 4.69) is 11.8 Å². The van der Waals surface area contributed by atoms with Crippen LogP contribution in [0.25, 0.3) is 0 Å². The molecule has 100 valence electrons. The largest absolute Gasteiger partial charge is 0.364 e. The molecule has 0 aliphatic heterocycles. The maximum atomic E-state index is 11.2. The van der Waals surface area contributed by atoms with Crippen LogP contribution in [0.5, 0.6) is 0 Å². The second-order valence-electron chi connectivity index (χ2n) is 4.50. The molecular weight excluding hydrogens is 252 g/mol. The molecule has 0 aliphatic carbocycles. The molecule has 0 saturated carbocycles.